The van der Waals surface area contributed by atoms with E-state index in [0.717, 1.165) is 41.5 Å². The molecule has 0 radical (unpaired) electrons. The monoisotopic (exact) mass is 407 g/mol. The van der Waals surface area contributed by atoms with Crippen molar-refractivity contribution >= 4 is 7.75 Å². The van der Waals surface area contributed by atoms with E-state index in [4.69, 9.17) is 28.8 Å². The lowest BCUT2D eigenvalue weighted by Gasteiger charge is -2.20. The van der Waals surface area contributed by atoms with Crippen molar-refractivity contribution in [2.75, 3.05) is 27.9 Å². The van der Waals surface area contributed by atoms with E-state index in [1.54, 1.807) is 34.3 Å². The molecule has 0 fully saturated rings. The molecule has 0 bridgehead atoms. The molecule has 7 nitrogen and oxygen atoms in total. The molecule has 2 N–H and O–H groups in total. The van der Waals surface area contributed by atoms with Gasteiger partial charge in [0.15, 0.2) is 11.5 Å². The van der Waals surface area contributed by atoms with Crippen LogP contribution in [0.3, 0.4) is 0 Å². The van der Waals surface area contributed by atoms with Gasteiger partial charge in [0.05, 0.1) is 27.9 Å². The first-order valence-corrected chi connectivity index (χ1v) is 10.7. The summed E-state index contributed by atoms with van der Waals surface area (Å²) >= 11 is 0. The largest absolute Gasteiger partial charge is 0.493 e. The highest BCUT2D eigenvalue weighted by Gasteiger charge is 2.26. The highest BCUT2D eigenvalue weighted by atomic mass is 31.2. The highest BCUT2D eigenvalue weighted by Crippen LogP contribution is 2.50. The fourth-order valence-corrected chi connectivity index (χ4v) is 4.42. The van der Waals surface area contributed by atoms with Crippen LogP contribution < -0.4 is 24.2 Å². The number of methoxy groups -OCH3 is 3. The fraction of sp³-hybridized carbons (Fsp3) is 0.400. The number of rotatable bonds is 7. The third-order valence-corrected chi connectivity index (χ3v) is 5.78. The molecule has 0 amide bonds. The average molecular weight is 407 g/mol. The molecule has 0 aromatic heterocycles. The van der Waals surface area contributed by atoms with Crippen molar-refractivity contribution in [3.63, 3.8) is 0 Å². The molecule has 1 aliphatic rings. The Morgan fingerprint density at radius 1 is 1.00 bits per heavy atom. The van der Waals surface area contributed by atoms with Crippen LogP contribution in [0.4, 0.5) is 0 Å². The Labute approximate surface area is 165 Å². The Balaban J connectivity index is 2.12. The first kappa shape index (κ1) is 20.5. The van der Waals surface area contributed by atoms with Crippen LogP contribution in [0, 0.1) is 0 Å². The summed E-state index contributed by atoms with van der Waals surface area (Å²) in [6.45, 7) is 1.93. The summed E-state index contributed by atoms with van der Waals surface area (Å²) in [5.74, 6) is 2.25. The molecule has 0 aliphatic heterocycles. The van der Waals surface area contributed by atoms with Gasteiger partial charge < -0.3 is 18.7 Å². The minimum absolute atomic E-state index is 0.213. The third-order valence-electron chi connectivity index (χ3n) is 4.69. The van der Waals surface area contributed by atoms with Gasteiger partial charge in [-0.1, -0.05) is 6.07 Å². The van der Waals surface area contributed by atoms with Gasteiger partial charge in [0.1, 0.15) is 5.75 Å². The molecule has 1 atom stereocenters. The van der Waals surface area contributed by atoms with Gasteiger partial charge in [0.2, 0.25) is 5.75 Å². The van der Waals surface area contributed by atoms with Gasteiger partial charge in [-0.25, -0.2) is 10.1 Å². The molecule has 2 aromatic rings. The average Bonchev–Trinajstić information content (AvgIpc) is 2.84. The van der Waals surface area contributed by atoms with Crippen molar-refractivity contribution in [1.82, 2.24) is 0 Å². The van der Waals surface area contributed by atoms with Crippen LogP contribution in [-0.2, 0) is 21.9 Å². The molecule has 8 heteroatoms. The van der Waals surface area contributed by atoms with Crippen LogP contribution in [-0.4, -0.2) is 27.9 Å². The van der Waals surface area contributed by atoms with Crippen molar-refractivity contribution in [1.29, 1.82) is 0 Å². The third kappa shape index (κ3) is 3.97. The van der Waals surface area contributed by atoms with E-state index < -0.39 is 7.75 Å². The van der Waals surface area contributed by atoms with E-state index in [1.807, 2.05) is 18.2 Å². The molecule has 0 saturated carbocycles. The zero-order valence-electron chi connectivity index (χ0n) is 16.6. The maximum atomic E-state index is 12.2. The molecule has 0 saturated heterocycles. The normalized spacial score (nSPS) is 14.9. The molecular weight excluding hydrogens is 381 g/mol. The standard InChI is InChI=1S/C20H26NO6P/c1-5-26-28(21,22)27-15-9-10-16-13(11-15)7-6-8-14-12-17(23-2)19(24-3)20(25-4)18(14)16/h9-12H,5-8H2,1-4H3,(H2,21,22). The highest BCUT2D eigenvalue weighted by molar-refractivity contribution is 7.51. The summed E-state index contributed by atoms with van der Waals surface area (Å²) in [6, 6.07) is 7.52. The number of aryl methyl sites for hydroxylation is 2. The molecule has 0 spiro atoms. The van der Waals surface area contributed by atoms with E-state index in [-0.39, 0.29) is 6.61 Å². The molecular formula is C20H26NO6P. The second kappa shape index (κ2) is 8.43. The summed E-state index contributed by atoms with van der Waals surface area (Å²) in [7, 11) is 1.19. The van der Waals surface area contributed by atoms with Gasteiger partial charge in [-0.05, 0) is 61.1 Å². The van der Waals surface area contributed by atoms with Gasteiger partial charge in [-0.15, -0.1) is 0 Å². The van der Waals surface area contributed by atoms with E-state index in [9.17, 15) is 4.57 Å². The molecule has 2 aromatic carbocycles. The number of hydrogen-bond donors (Lipinski definition) is 1. The van der Waals surface area contributed by atoms with Crippen LogP contribution in [0.1, 0.15) is 24.5 Å². The number of hydrogen-bond acceptors (Lipinski definition) is 6. The maximum absolute atomic E-state index is 12.2. The zero-order valence-corrected chi connectivity index (χ0v) is 17.5. The molecule has 1 unspecified atom stereocenters. The molecule has 152 valence electrons. The van der Waals surface area contributed by atoms with Crippen molar-refractivity contribution < 1.29 is 27.8 Å². The SMILES string of the molecule is CCOP(N)(=O)Oc1ccc2c(c1)CCCc1cc(OC)c(OC)c(OC)c1-2. The van der Waals surface area contributed by atoms with E-state index >= 15 is 0 Å². The number of benzene rings is 2. The van der Waals surface area contributed by atoms with Crippen molar-refractivity contribution in [3.05, 3.63) is 35.4 Å². The summed E-state index contributed by atoms with van der Waals surface area (Å²) in [5, 5.41) is 0. The predicted octanol–water partition coefficient (Wildman–Crippen LogP) is 4.35. The summed E-state index contributed by atoms with van der Waals surface area (Å²) in [6.07, 6.45) is 2.64. The van der Waals surface area contributed by atoms with Gasteiger partial charge >= 0.3 is 7.75 Å². The second-order valence-corrected chi connectivity index (χ2v) is 7.92. The summed E-state index contributed by atoms with van der Waals surface area (Å²) in [5.41, 5.74) is 9.79. The lowest BCUT2D eigenvalue weighted by molar-refractivity contribution is 0.280. The Morgan fingerprint density at radius 2 is 1.71 bits per heavy atom. The number of ether oxygens (including phenoxy) is 3. The first-order valence-electron chi connectivity index (χ1n) is 9.12. The van der Waals surface area contributed by atoms with Crippen molar-refractivity contribution in [2.24, 2.45) is 5.50 Å². The smallest absolute Gasteiger partial charge is 0.456 e. The van der Waals surface area contributed by atoms with Gasteiger partial charge in [0.25, 0.3) is 0 Å². The van der Waals surface area contributed by atoms with Crippen LogP contribution in [0.5, 0.6) is 23.0 Å². The van der Waals surface area contributed by atoms with Gasteiger partial charge in [-0.3, -0.25) is 4.52 Å². The molecule has 3 rings (SSSR count). The van der Waals surface area contributed by atoms with Crippen molar-refractivity contribution in [3.8, 4) is 34.1 Å². The van der Waals surface area contributed by atoms with Crippen LogP contribution >= 0.6 is 7.75 Å². The molecule has 1 aliphatic carbocycles. The Hall–Kier alpha value is -2.21. The van der Waals surface area contributed by atoms with Crippen LogP contribution in [0.2, 0.25) is 0 Å². The van der Waals surface area contributed by atoms with Crippen LogP contribution in [0.25, 0.3) is 11.1 Å². The van der Waals surface area contributed by atoms with Crippen molar-refractivity contribution in [2.45, 2.75) is 26.2 Å². The lowest BCUT2D eigenvalue weighted by atomic mass is 9.94. The van der Waals surface area contributed by atoms with E-state index in [1.165, 1.54) is 0 Å². The Morgan fingerprint density at radius 3 is 2.36 bits per heavy atom. The first-order chi connectivity index (χ1) is 13.4. The lowest BCUT2D eigenvalue weighted by Crippen LogP contribution is -2.06. The minimum Gasteiger partial charge on any atom is -0.493 e. The van der Waals surface area contributed by atoms with E-state index in [2.05, 4.69) is 0 Å². The Kier molecular flexibility index (Phi) is 6.18. The number of nitrogens with two attached hydrogens (primary N) is 1. The predicted molar refractivity (Wildman–Crippen MR) is 108 cm³/mol. The van der Waals surface area contributed by atoms with E-state index in [0.29, 0.717) is 23.0 Å². The maximum Gasteiger partial charge on any atom is 0.456 e. The molecule has 0 heterocycles. The fourth-order valence-electron chi connectivity index (χ4n) is 3.60. The Bertz CT molecular complexity index is 914. The zero-order chi connectivity index (χ0) is 20.3. The van der Waals surface area contributed by atoms with Crippen LogP contribution in [0.15, 0.2) is 24.3 Å². The minimum atomic E-state index is -3.63. The second-order valence-electron chi connectivity index (χ2n) is 6.40. The quantitative estimate of drug-likeness (QED) is 0.683. The van der Waals surface area contributed by atoms with Gasteiger partial charge in [0, 0.05) is 5.56 Å². The van der Waals surface area contributed by atoms with Gasteiger partial charge in [-0.2, -0.15) is 0 Å². The molecule has 28 heavy (non-hydrogen) atoms. The summed E-state index contributed by atoms with van der Waals surface area (Å²) in [4.78, 5) is 0. The topological polar surface area (TPSA) is 89.2 Å². The number of fused-ring (bicyclic) bond motifs is 3. The summed E-state index contributed by atoms with van der Waals surface area (Å²) < 4.78 is 39.3.